The second-order valence-electron chi connectivity index (χ2n) is 7.86. The van der Waals surface area contributed by atoms with E-state index in [4.69, 9.17) is 4.42 Å². The third kappa shape index (κ3) is 4.91. The molecule has 3 aromatic heterocycles. The van der Waals surface area contributed by atoms with Crippen LogP contribution in [-0.2, 0) is 11.2 Å². The summed E-state index contributed by atoms with van der Waals surface area (Å²) in [6.45, 7) is 1.76. The average Bonchev–Trinajstić information content (AvgIpc) is 3.28. The van der Waals surface area contributed by atoms with Crippen molar-refractivity contribution in [1.29, 1.82) is 0 Å². The molecule has 1 saturated heterocycles. The van der Waals surface area contributed by atoms with Crippen molar-refractivity contribution >= 4 is 11.7 Å². The summed E-state index contributed by atoms with van der Waals surface area (Å²) < 4.78 is 34.4. The summed E-state index contributed by atoms with van der Waals surface area (Å²) >= 11 is 0. The van der Waals surface area contributed by atoms with Gasteiger partial charge in [0.25, 0.3) is 5.92 Å². The van der Waals surface area contributed by atoms with E-state index in [-0.39, 0.29) is 31.0 Å². The van der Waals surface area contributed by atoms with Crippen molar-refractivity contribution in [3.05, 3.63) is 76.5 Å². The number of aromatic amines is 1. The van der Waals surface area contributed by atoms with Gasteiger partial charge in [-0.2, -0.15) is 0 Å². The largest absolute Gasteiger partial charge is 0.449 e. The van der Waals surface area contributed by atoms with Gasteiger partial charge in [-0.15, -0.1) is 0 Å². The normalized spacial score (nSPS) is 19.4. The van der Waals surface area contributed by atoms with Gasteiger partial charge in [0.05, 0.1) is 24.6 Å². The summed E-state index contributed by atoms with van der Waals surface area (Å²) in [7, 11) is 0. The number of hydrogen-bond donors (Lipinski definition) is 2. The summed E-state index contributed by atoms with van der Waals surface area (Å²) in [5.74, 6) is -3.43. The van der Waals surface area contributed by atoms with Crippen LogP contribution in [0, 0.1) is 0 Å². The lowest BCUT2D eigenvalue weighted by molar-refractivity contribution is -0.125. The average molecular weight is 443 g/mol. The molecule has 2 atom stereocenters. The first-order valence-corrected chi connectivity index (χ1v) is 10.3. The Morgan fingerprint density at radius 1 is 1.34 bits per heavy atom. The zero-order valence-corrected chi connectivity index (χ0v) is 17.4. The number of carbonyl (C=O) groups excluding carboxylic acids is 1. The molecule has 1 aliphatic rings. The van der Waals surface area contributed by atoms with E-state index in [0.717, 1.165) is 5.56 Å². The van der Waals surface area contributed by atoms with Crippen LogP contribution in [0.4, 0.5) is 14.6 Å². The highest BCUT2D eigenvalue weighted by Crippen LogP contribution is 2.40. The molecule has 2 N–H and O–H groups in total. The van der Waals surface area contributed by atoms with E-state index in [0.29, 0.717) is 23.7 Å². The zero-order valence-electron chi connectivity index (χ0n) is 17.4. The first-order chi connectivity index (χ1) is 15.3. The molecule has 0 bridgehead atoms. The van der Waals surface area contributed by atoms with Crippen molar-refractivity contribution in [1.82, 2.24) is 19.9 Å². The minimum absolute atomic E-state index is 0.00383. The van der Waals surface area contributed by atoms with Gasteiger partial charge in [-0.3, -0.25) is 14.5 Å². The van der Waals surface area contributed by atoms with Crippen molar-refractivity contribution in [3.63, 3.8) is 0 Å². The number of hydrogen-bond acceptors (Lipinski definition) is 6. The monoisotopic (exact) mass is 443 g/mol. The minimum Gasteiger partial charge on any atom is -0.449 e. The van der Waals surface area contributed by atoms with E-state index >= 15 is 0 Å². The Bertz CT molecular complexity index is 1090. The number of pyridine rings is 2. The fourth-order valence-electron chi connectivity index (χ4n) is 3.78. The number of rotatable bonds is 6. The maximum Gasteiger partial charge on any atom is 0.257 e. The molecule has 0 saturated carbocycles. The summed E-state index contributed by atoms with van der Waals surface area (Å²) in [6, 6.07) is 5.50. The summed E-state index contributed by atoms with van der Waals surface area (Å²) in [5.41, 5.74) is 0.868. The number of halogens is 2. The number of H-pyrrole nitrogens is 1. The fourth-order valence-corrected chi connectivity index (χ4v) is 3.78. The van der Waals surface area contributed by atoms with Crippen LogP contribution in [0.5, 0.6) is 0 Å². The standard InChI is InChI=1S/C22H23F2N5O3/c1-14(21(31)28-18-4-2-15(11-26-18)10-20-25-7-9-32-20)29-8-6-22(23,24)17(13-29)16-3-5-19(30)27-12-16/h2-5,7,9,11-12,14,17H,6,8,10,13H2,1H3,(H,27,30)(H,26,28,31)/t14?,17-/m1/s1. The Morgan fingerprint density at radius 2 is 2.19 bits per heavy atom. The lowest BCUT2D eigenvalue weighted by atomic mass is 9.87. The number of amides is 1. The maximum absolute atomic E-state index is 14.6. The third-order valence-corrected chi connectivity index (χ3v) is 5.71. The van der Waals surface area contributed by atoms with Crippen molar-refractivity contribution in [2.24, 2.45) is 0 Å². The van der Waals surface area contributed by atoms with Crippen LogP contribution in [0.15, 0.2) is 58.3 Å². The number of carbonyl (C=O) groups is 1. The van der Waals surface area contributed by atoms with E-state index in [1.54, 1.807) is 30.3 Å². The number of anilines is 1. The third-order valence-electron chi connectivity index (χ3n) is 5.71. The molecule has 1 amide bonds. The topological polar surface area (TPSA) is 104 Å². The second kappa shape index (κ2) is 8.99. The highest BCUT2D eigenvalue weighted by atomic mass is 19.3. The van der Waals surface area contributed by atoms with Gasteiger partial charge in [0.2, 0.25) is 11.5 Å². The van der Waals surface area contributed by atoms with Gasteiger partial charge < -0.3 is 14.7 Å². The van der Waals surface area contributed by atoms with Crippen molar-refractivity contribution in [2.45, 2.75) is 37.6 Å². The van der Waals surface area contributed by atoms with Gasteiger partial charge in [-0.1, -0.05) is 12.1 Å². The van der Waals surface area contributed by atoms with Gasteiger partial charge in [0.15, 0.2) is 5.89 Å². The molecule has 8 nitrogen and oxygen atoms in total. The molecule has 4 heterocycles. The van der Waals surface area contributed by atoms with Crippen LogP contribution in [0.1, 0.15) is 36.3 Å². The molecular formula is C22H23F2N5O3. The number of alkyl halides is 2. The fraction of sp³-hybridized carbons (Fsp3) is 0.364. The van der Waals surface area contributed by atoms with E-state index in [9.17, 15) is 18.4 Å². The Kier molecular flexibility index (Phi) is 6.13. The highest BCUT2D eigenvalue weighted by molar-refractivity contribution is 5.93. The van der Waals surface area contributed by atoms with E-state index in [2.05, 4.69) is 20.3 Å². The number of oxazole rings is 1. The zero-order chi connectivity index (χ0) is 22.7. The molecule has 168 valence electrons. The van der Waals surface area contributed by atoms with E-state index < -0.39 is 17.9 Å². The first kappa shape index (κ1) is 21.8. The Morgan fingerprint density at radius 3 is 2.84 bits per heavy atom. The van der Waals surface area contributed by atoms with Gasteiger partial charge in [-0.25, -0.2) is 18.7 Å². The second-order valence-corrected chi connectivity index (χ2v) is 7.86. The number of nitrogens with zero attached hydrogens (tertiary/aromatic N) is 3. The number of aromatic nitrogens is 3. The lowest BCUT2D eigenvalue weighted by Crippen LogP contribution is -2.52. The SMILES string of the molecule is CC(C(=O)Nc1ccc(Cc2ncco2)cn1)N1CCC(F)(F)[C@@H](c2ccc(=O)[nH]c2)C1. The number of likely N-dealkylation sites (tertiary alicyclic amines) is 1. The van der Waals surface area contributed by atoms with Crippen LogP contribution in [-0.4, -0.2) is 50.8 Å². The predicted octanol–water partition coefficient (Wildman–Crippen LogP) is 2.80. The van der Waals surface area contributed by atoms with Crippen LogP contribution < -0.4 is 10.9 Å². The van der Waals surface area contributed by atoms with E-state index in [1.165, 1.54) is 24.6 Å². The Balaban J connectivity index is 1.39. The van der Waals surface area contributed by atoms with Crippen molar-refractivity contribution in [2.75, 3.05) is 18.4 Å². The molecule has 3 aromatic rings. The summed E-state index contributed by atoms with van der Waals surface area (Å²) in [4.78, 5) is 36.5. The van der Waals surface area contributed by atoms with Gasteiger partial charge in [0.1, 0.15) is 12.1 Å². The number of piperidine rings is 1. The van der Waals surface area contributed by atoms with Gasteiger partial charge in [-0.05, 0) is 24.1 Å². The summed E-state index contributed by atoms with van der Waals surface area (Å²) in [5, 5.41) is 2.74. The minimum atomic E-state index is -2.93. The van der Waals surface area contributed by atoms with Crippen LogP contribution in [0.3, 0.4) is 0 Å². The van der Waals surface area contributed by atoms with Gasteiger partial charge in [0, 0.05) is 38.0 Å². The molecule has 0 spiro atoms. The molecule has 10 heteroatoms. The Labute approximate surface area is 182 Å². The molecule has 4 rings (SSSR count). The quantitative estimate of drug-likeness (QED) is 0.607. The first-order valence-electron chi connectivity index (χ1n) is 10.3. The maximum atomic E-state index is 14.6. The van der Waals surface area contributed by atoms with Crippen molar-refractivity contribution < 1.29 is 18.0 Å². The molecule has 0 aromatic carbocycles. The molecule has 0 radical (unpaired) electrons. The smallest absolute Gasteiger partial charge is 0.257 e. The van der Waals surface area contributed by atoms with Gasteiger partial charge >= 0.3 is 0 Å². The summed E-state index contributed by atoms with van der Waals surface area (Å²) in [6.07, 6.45) is 6.12. The molecule has 0 aliphatic carbocycles. The molecule has 1 unspecified atom stereocenters. The van der Waals surface area contributed by atoms with Crippen LogP contribution in [0.25, 0.3) is 0 Å². The van der Waals surface area contributed by atoms with Crippen LogP contribution >= 0.6 is 0 Å². The van der Waals surface area contributed by atoms with Crippen molar-refractivity contribution in [3.8, 4) is 0 Å². The highest BCUT2D eigenvalue weighted by Gasteiger charge is 2.46. The predicted molar refractivity (Wildman–Crippen MR) is 113 cm³/mol. The molecule has 32 heavy (non-hydrogen) atoms. The Hall–Kier alpha value is -3.40. The number of nitrogens with one attached hydrogen (secondary N) is 2. The van der Waals surface area contributed by atoms with Crippen LogP contribution in [0.2, 0.25) is 0 Å². The molecule has 1 fully saturated rings. The van der Waals surface area contributed by atoms with E-state index in [1.807, 2.05) is 6.07 Å². The molecular weight excluding hydrogens is 420 g/mol. The lowest BCUT2D eigenvalue weighted by Gasteiger charge is -2.40. The molecule has 1 aliphatic heterocycles.